The minimum atomic E-state index is -1.11. The number of esters is 2. The molecule has 0 unspecified atom stereocenters. The van der Waals surface area contributed by atoms with Crippen LogP contribution in [0.5, 0.6) is 5.75 Å². The van der Waals surface area contributed by atoms with Crippen LogP contribution in [0.3, 0.4) is 0 Å². The third kappa shape index (κ3) is 5.01. The van der Waals surface area contributed by atoms with Gasteiger partial charge in [0.2, 0.25) is 0 Å². The normalized spacial score (nSPS) is 21.2. The first-order valence-corrected chi connectivity index (χ1v) is 12.3. The molecule has 37 heavy (non-hydrogen) atoms. The average molecular weight is 508 g/mol. The first-order chi connectivity index (χ1) is 17.8. The summed E-state index contributed by atoms with van der Waals surface area (Å²) in [5.41, 5.74) is 3.05. The molecule has 0 fully saturated rings. The maximum atomic E-state index is 14.2. The van der Waals surface area contributed by atoms with Gasteiger partial charge in [-0.15, -0.1) is 0 Å². The van der Waals surface area contributed by atoms with E-state index < -0.39 is 41.3 Å². The van der Waals surface area contributed by atoms with Crippen LogP contribution in [0.25, 0.3) is 0 Å². The van der Waals surface area contributed by atoms with Crippen LogP contribution in [-0.2, 0) is 23.9 Å². The number of benzene rings is 2. The van der Waals surface area contributed by atoms with Gasteiger partial charge in [-0.1, -0.05) is 24.3 Å². The van der Waals surface area contributed by atoms with E-state index in [1.807, 2.05) is 12.1 Å². The molecule has 2 aromatic rings. The second-order valence-corrected chi connectivity index (χ2v) is 8.94. The third-order valence-corrected chi connectivity index (χ3v) is 6.80. The number of Topliss-reactive ketones (excluding diaryl/α,β-unsaturated/α-hetero) is 1. The van der Waals surface area contributed by atoms with Crippen LogP contribution < -0.4 is 10.1 Å². The van der Waals surface area contributed by atoms with E-state index in [2.05, 4.69) is 5.32 Å². The lowest BCUT2D eigenvalue weighted by Gasteiger charge is -2.39. The van der Waals surface area contributed by atoms with Gasteiger partial charge in [0.05, 0.1) is 25.9 Å². The number of hydrogen-bond acceptors (Lipinski definition) is 7. The zero-order valence-corrected chi connectivity index (χ0v) is 21.3. The molecule has 0 radical (unpaired) electrons. The molecular formula is C29H30FNO6. The fourth-order valence-electron chi connectivity index (χ4n) is 5.17. The molecule has 1 heterocycles. The van der Waals surface area contributed by atoms with Gasteiger partial charge in [0.1, 0.15) is 17.5 Å². The molecule has 0 amide bonds. The van der Waals surface area contributed by atoms with Crippen molar-refractivity contribution in [2.45, 2.75) is 39.0 Å². The van der Waals surface area contributed by atoms with E-state index in [-0.39, 0.29) is 18.8 Å². The van der Waals surface area contributed by atoms with Crippen LogP contribution in [-0.4, -0.2) is 38.0 Å². The second kappa shape index (κ2) is 11.0. The number of ether oxygens (including phenoxy) is 3. The molecule has 0 saturated heterocycles. The van der Waals surface area contributed by atoms with Gasteiger partial charge in [-0.3, -0.25) is 9.59 Å². The minimum Gasteiger partial charge on any atom is -0.497 e. The van der Waals surface area contributed by atoms with Crippen molar-refractivity contribution in [2.75, 3.05) is 20.3 Å². The van der Waals surface area contributed by atoms with Crippen LogP contribution in [0.4, 0.5) is 4.39 Å². The molecule has 194 valence electrons. The Labute approximate surface area is 215 Å². The Bertz CT molecular complexity index is 1260. The van der Waals surface area contributed by atoms with Gasteiger partial charge >= 0.3 is 11.9 Å². The highest BCUT2D eigenvalue weighted by Crippen LogP contribution is 2.48. The summed E-state index contributed by atoms with van der Waals surface area (Å²) in [6, 6.07) is 12.9. The van der Waals surface area contributed by atoms with Crippen LogP contribution in [0.2, 0.25) is 0 Å². The van der Waals surface area contributed by atoms with Crippen molar-refractivity contribution in [3.63, 3.8) is 0 Å². The third-order valence-electron chi connectivity index (χ3n) is 6.80. The van der Waals surface area contributed by atoms with Crippen molar-refractivity contribution in [3.05, 3.63) is 88.0 Å². The van der Waals surface area contributed by atoms with E-state index >= 15 is 0 Å². The maximum absolute atomic E-state index is 14.2. The molecule has 0 spiro atoms. The predicted molar refractivity (Wildman–Crippen MR) is 134 cm³/mol. The molecule has 8 heteroatoms. The van der Waals surface area contributed by atoms with Crippen molar-refractivity contribution in [1.82, 2.24) is 5.32 Å². The first-order valence-electron chi connectivity index (χ1n) is 12.3. The number of methoxy groups -OCH3 is 1. The molecule has 0 bridgehead atoms. The topological polar surface area (TPSA) is 90.9 Å². The summed E-state index contributed by atoms with van der Waals surface area (Å²) in [6.45, 7) is 5.40. The van der Waals surface area contributed by atoms with E-state index in [0.29, 0.717) is 34.7 Å². The summed E-state index contributed by atoms with van der Waals surface area (Å²) in [4.78, 5) is 40.5. The predicted octanol–water partition coefficient (Wildman–Crippen LogP) is 4.55. The van der Waals surface area contributed by atoms with Crippen molar-refractivity contribution in [3.8, 4) is 5.75 Å². The molecule has 1 aliphatic carbocycles. The molecule has 7 nitrogen and oxygen atoms in total. The second-order valence-electron chi connectivity index (χ2n) is 8.94. The number of nitrogens with one attached hydrogen (secondary N) is 1. The molecule has 4 rings (SSSR count). The zero-order valence-electron chi connectivity index (χ0n) is 21.3. The Kier molecular flexibility index (Phi) is 7.76. The lowest BCUT2D eigenvalue weighted by molar-refractivity contribution is -0.152. The zero-order chi connectivity index (χ0) is 26.7. The highest BCUT2D eigenvalue weighted by atomic mass is 19.1. The monoisotopic (exact) mass is 507 g/mol. The van der Waals surface area contributed by atoms with Crippen LogP contribution in [0, 0.1) is 11.7 Å². The van der Waals surface area contributed by atoms with Crippen molar-refractivity contribution < 1.29 is 33.0 Å². The van der Waals surface area contributed by atoms with Crippen LogP contribution >= 0.6 is 0 Å². The summed E-state index contributed by atoms with van der Waals surface area (Å²) in [5, 5.41) is 3.25. The molecule has 2 aliphatic rings. The van der Waals surface area contributed by atoms with Gasteiger partial charge in [0.15, 0.2) is 5.78 Å². The maximum Gasteiger partial charge on any atom is 0.336 e. The Morgan fingerprint density at radius 3 is 2.19 bits per heavy atom. The largest absolute Gasteiger partial charge is 0.497 e. The fraction of sp³-hybridized carbons (Fsp3) is 0.345. The molecule has 1 aliphatic heterocycles. The SMILES string of the molecule is CCOC(=O)C1=C(C)NC2=C(C(=O)[C@H](C(=O)OCC)[C@H](c3ccc(OC)cc3)C2)[C@H]1c1ccc(F)cc1. The summed E-state index contributed by atoms with van der Waals surface area (Å²) < 4.78 is 29.7. The molecule has 0 aromatic heterocycles. The van der Waals surface area contributed by atoms with E-state index in [0.717, 1.165) is 5.56 Å². The average Bonchev–Trinajstić information content (AvgIpc) is 2.88. The van der Waals surface area contributed by atoms with Gasteiger partial charge in [-0.05, 0) is 62.6 Å². The van der Waals surface area contributed by atoms with Gasteiger partial charge < -0.3 is 19.5 Å². The van der Waals surface area contributed by atoms with Gasteiger partial charge in [0.25, 0.3) is 0 Å². The summed E-state index contributed by atoms with van der Waals surface area (Å²) >= 11 is 0. The lowest BCUT2D eigenvalue weighted by Crippen LogP contribution is -2.43. The Balaban J connectivity index is 1.87. The van der Waals surface area contributed by atoms with Gasteiger partial charge in [-0.25, -0.2) is 9.18 Å². The standard InChI is InChI=1S/C29H30FNO6/c1-5-36-28(33)23-16(3)31-22-15-21(17-9-13-20(35-4)14-10-17)25(29(34)37-6-2)27(32)26(22)24(23)18-7-11-19(30)12-8-18/h7-14,21,24-25,31H,5-6,15H2,1-4H3/t21-,24-,25+/m0/s1. The van der Waals surface area contributed by atoms with Crippen molar-refractivity contribution in [2.24, 2.45) is 5.92 Å². The Morgan fingerprint density at radius 1 is 0.973 bits per heavy atom. The fourth-order valence-corrected chi connectivity index (χ4v) is 5.17. The number of rotatable bonds is 7. The summed E-state index contributed by atoms with van der Waals surface area (Å²) in [6.07, 6.45) is 0.335. The molecule has 0 saturated carbocycles. The quantitative estimate of drug-likeness (QED) is 0.434. The lowest BCUT2D eigenvalue weighted by atomic mass is 9.67. The van der Waals surface area contributed by atoms with E-state index in [1.165, 1.54) is 12.1 Å². The van der Waals surface area contributed by atoms with Gasteiger partial charge in [0, 0.05) is 28.8 Å². The number of allylic oxidation sites excluding steroid dienone is 3. The smallest absolute Gasteiger partial charge is 0.336 e. The number of carbonyl (C=O) groups excluding carboxylic acids is 3. The molecule has 2 aromatic carbocycles. The van der Waals surface area contributed by atoms with Gasteiger partial charge in [-0.2, -0.15) is 0 Å². The van der Waals surface area contributed by atoms with Crippen molar-refractivity contribution in [1.29, 1.82) is 0 Å². The summed E-state index contributed by atoms with van der Waals surface area (Å²) in [5.74, 6) is -3.84. The van der Waals surface area contributed by atoms with E-state index in [1.54, 1.807) is 52.1 Å². The number of halogens is 1. The Morgan fingerprint density at radius 2 is 1.59 bits per heavy atom. The highest BCUT2D eigenvalue weighted by molar-refractivity contribution is 6.13. The number of dihydropyridines is 1. The van der Waals surface area contributed by atoms with Crippen LogP contribution in [0.15, 0.2) is 71.1 Å². The Hall–Kier alpha value is -3.94. The molecular weight excluding hydrogens is 477 g/mol. The number of carbonyl (C=O) groups is 3. The van der Waals surface area contributed by atoms with Crippen LogP contribution in [0.1, 0.15) is 50.2 Å². The van der Waals surface area contributed by atoms with Crippen molar-refractivity contribution >= 4 is 17.7 Å². The molecule has 1 N–H and O–H groups in total. The van der Waals surface area contributed by atoms with E-state index in [9.17, 15) is 18.8 Å². The number of hydrogen-bond donors (Lipinski definition) is 1. The number of ketones is 1. The van der Waals surface area contributed by atoms with E-state index in [4.69, 9.17) is 14.2 Å². The minimum absolute atomic E-state index is 0.122. The summed E-state index contributed by atoms with van der Waals surface area (Å²) in [7, 11) is 1.56. The highest BCUT2D eigenvalue weighted by Gasteiger charge is 2.49. The first kappa shape index (κ1) is 26.1. The molecule has 3 atom stereocenters.